The van der Waals surface area contributed by atoms with E-state index in [0.29, 0.717) is 18.6 Å². The average molecular weight is 256 g/mol. The molecule has 4 nitrogen and oxygen atoms in total. The average Bonchev–Trinajstić information content (AvgIpc) is 2.76. The lowest BCUT2D eigenvalue weighted by atomic mass is 10.00. The number of amides is 1. The highest BCUT2D eigenvalue weighted by molar-refractivity contribution is 5.78. The van der Waals surface area contributed by atoms with Gasteiger partial charge in [0, 0.05) is 19.2 Å². The zero-order chi connectivity index (χ0) is 13.4. The van der Waals surface area contributed by atoms with Crippen LogP contribution in [0.4, 0.5) is 0 Å². The Morgan fingerprint density at radius 2 is 2.22 bits per heavy atom. The zero-order valence-corrected chi connectivity index (χ0v) is 12.0. The number of nitrogens with one attached hydrogen (secondary N) is 2. The minimum absolute atomic E-state index is 0.0999. The van der Waals surface area contributed by atoms with Crippen LogP contribution in [0, 0.1) is 5.92 Å². The van der Waals surface area contributed by atoms with Crippen molar-refractivity contribution in [1.29, 1.82) is 0 Å². The summed E-state index contributed by atoms with van der Waals surface area (Å²) >= 11 is 0. The summed E-state index contributed by atoms with van der Waals surface area (Å²) in [6, 6.07) is 0.280. The summed E-state index contributed by atoms with van der Waals surface area (Å²) in [5.41, 5.74) is 0. The van der Waals surface area contributed by atoms with Crippen molar-refractivity contribution in [3.63, 3.8) is 0 Å². The molecule has 18 heavy (non-hydrogen) atoms. The minimum atomic E-state index is 0.0999. The van der Waals surface area contributed by atoms with E-state index in [0.717, 1.165) is 38.8 Å². The maximum atomic E-state index is 11.6. The van der Waals surface area contributed by atoms with E-state index in [9.17, 15) is 4.79 Å². The van der Waals surface area contributed by atoms with Gasteiger partial charge in [0.05, 0.1) is 12.6 Å². The SMILES string of the molecule is CCCC(C)NC(=O)CNCC1CCOC1CC. The first-order valence-corrected chi connectivity index (χ1v) is 7.29. The Hall–Kier alpha value is -0.610. The van der Waals surface area contributed by atoms with Crippen LogP contribution >= 0.6 is 0 Å². The quantitative estimate of drug-likeness (QED) is 0.695. The van der Waals surface area contributed by atoms with Gasteiger partial charge in [-0.05, 0) is 32.1 Å². The monoisotopic (exact) mass is 256 g/mol. The number of ether oxygens (including phenoxy) is 1. The lowest BCUT2D eigenvalue weighted by Gasteiger charge is -2.18. The summed E-state index contributed by atoms with van der Waals surface area (Å²) in [7, 11) is 0. The third-order valence-electron chi connectivity index (χ3n) is 3.57. The van der Waals surface area contributed by atoms with Gasteiger partial charge in [-0.1, -0.05) is 20.3 Å². The third-order valence-corrected chi connectivity index (χ3v) is 3.57. The largest absolute Gasteiger partial charge is 0.378 e. The molecule has 106 valence electrons. The van der Waals surface area contributed by atoms with Crippen LogP contribution in [0.3, 0.4) is 0 Å². The molecule has 2 N–H and O–H groups in total. The Morgan fingerprint density at radius 1 is 1.44 bits per heavy atom. The van der Waals surface area contributed by atoms with Crippen molar-refractivity contribution >= 4 is 5.91 Å². The predicted molar refractivity (Wildman–Crippen MR) is 73.5 cm³/mol. The molecule has 1 aliphatic rings. The molecule has 4 heteroatoms. The molecular weight excluding hydrogens is 228 g/mol. The Kier molecular flexibility index (Phi) is 7.28. The van der Waals surface area contributed by atoms with Crippen LogP contribution in [-0.2, 0) is 9.53 Å². The number of rotatable bonds is 8. The number of hydrogen-bond donors (Lipinski definition) is 2. The summed E-state index contributed by atoms with van der Waals surface area (Å²) in [4.78, 5) is 11.6. The van der Waals surface area contributed by atoms with Crippen molar-refractivity contribution in [2.45, 2.75) is 58.6 Å². The molecule has 0 radical (unpaired) electrons. The fourth-order valence-corrected chi connectivity index (χ4v) is 2.58. The van der Waals surface area contributed by atoms with Crippen molar-refractivity contribution in [3.05, 3.63) is 0 Å². The first-order chi connectivity index (χ1) is 8.67. The summed E-state index contributed by atoms with van der Waals surface area (Å²) < 4.78 is 5.63. The van der Waals surface area contributed by atoms with Crippen LogP contribution in [0.25, 0.3) is 0 Å². The topological polar surface area (TPSA) is 50.4 Å². The van der Waals surface area contributed by atoms with Gasteiger partial charge in [0.15, 0.2) is 0 Å². The van der Waals surface area contributed by atoms with Gasteiger partial charge in [-0.2, -0.15) is 0 Å². The molecule has 0 aliphatic carbocycles. The molecule has 0 spiro atoms. The molecule has 3 unspecified atom stereocenters. The van der Waals surface area contributed by atoms with Crippen molar-refractivity contribution in [3.8, 4) is 0 Å². The summed E-state index contributed by atoms with van der Waals surface area (Å²) in [6.45, 7) is 8.51. The molecule has 0 saturated carbocycles. The molecule has 1 rings (SSSR count). The zero-order valence-electron chi connectivity index (χ0n) is 12.0. The smallest absolute Gasteiger partial charge is 0.234 e. The number of hydrogen-bond acceptors (Lipinski definition) is 3. The molecule has 1 amide bonds. The molecular formula is C14H28N2O2. The van der Waals surface area contributed by atoms with Gasteiger partial charge in [-0.25, -0.2) is 0 Å². The van der Waals surface area contributed by atoms with E-state index in [1.165, 1.54) is 0 Å². The normalized spacial score (nSPS) is 25.1. The lowest BCUT2D eigenvalue weighted by molar-refractivity contribution is -0.120. The lowest BCUT2D eigenvalue weighted by Crippen LogP contribution is -2.40. The van der Waals surface area contributed by atoms with Crippen molar-refractivity contribution in [2.24, 2.45) is 5.92 Å². The molecule has 1 heterocycles. The Morgan fingerprint density at radius 3 is 2.89 bits per heavy atom. The number of carbonyl (C=O) groups excluding carboxylic acids is 1. The van der Waals surface area contributed by atoms with Crippen LogP contribution < -0.4 is 10.6 Å². The highest BCUT2D eigenvalue weighted by atomic mass is 16.5. The second kappa shape index (κ2) is 8.48. The van der Waals surface area contributed by atoms with E-state index < -0.39 is 0 Å². The van der Waals surface area contributed by atoms with Crippen LogP contribution in [0.15, 0.2) is 0 Å². The number of carbonyl (C=O) groups is 1. The predicted octanol–water partition coefficient (Wildman–Crippen LogP) is 1.70. The van der Waals surface area contributed by atoms with Crippen molar-refractivity contribution in [2.75, 3.05) is 19.7 Å². The first-order valence-electron chi connectivity index (χ1n) is 7.29. The van der Waals surface area contributed by atoms with Gasteiger partial charge >= 0.3 is 0 Å². The molecule has 1 fully saturated rings. The Balaban J connectivity index is 2.11. The minimum Gasteiger partial charge on any atom is -0.378 e. The van der Waals surface area contributed by atoms with Gasteiger partial charge in [-0.15, -0.1) is 0 Å². The van der Waals surface area contributed by atoms with Crippen LogP contribution in [0.5, 0.6) is 0 Å². The Bertz CT molecular complexity index is 246. The summed E-state index contributed by atoms with van der Waals surface area (Å²) in [5, 5.41) is 6.25. The molecule has 0 aromatic heterocycles. The van der Waals surface area contributed by atoms with Crippen LogP contribution in [-0.4, -0.2) is 37.7 Å². The van der Waals surface area contributed by atoms with E-state index in [1.807, 2.05) is 0 Å². The van der Waals surface area contributed by atoms with Gasteiger partial charge in [-0.3, -0.25) is 4.79 Å². The van der Waals surface area contributed by atoms with Gasteiger partial charge in [0.1, 0.15) is 0 Å². The van der Waals surface area contributed by atoms with Crippen molar-refractivity contribution < 1.29 is 9.53 Å². The summed E-state index contributed by atoms with van der Waals surface area (Å²) in [6.07, 6.45) is 4.69. The first kappa shape index (κ1) is 15.4. The molecule has 0 bridgehead atoms. The molecule has 3 atom stereocenters. The summed E-state index contributed by atoms with van der Waals surface area (Å²) in [5.74, 6) is 0.666. The molecule has 0 aromatic carbocycles. The standard InChI is InChI=1S/C14H28N2O2/c1-4-6-11(3)16-14(17)10-15-9-12-7-8-18-13(12)5-2/h11-13,15H,4-10H2,1-3H3,(H,16,17). The molecule has 1 aliphatic heterocycles. The van der Waals surface area contributed by atoms with E-state index in [-0.39, 0.29) is 11.9 Å². The van der Waals surface area contributed by atoms with E-state index >= 15 is 0 Å². The second-order valence-corrected chi connectivity index (χ2v) is 5.25. The van der Waals surface area contributed by atoms with E-state index in [4.69, 9.17) is 4.74 Å². The fraction of sp³-hybridized carbons (Fsp3) is 0.929. The van der Waals surface area contributed by atoms with E-state index in [2.05, 4.69) is 31.4 Å². The van der Waals surface area contributed by atoms with Gasteiger partial charge < -0.3 is 15.4 Å². The van der Waals surface area contributed by atoms with Gasteiger partial charge in [0.25, 0.3) is 0 Å². The fourth-order valence-electron chi connectivity index (χ4n) is 2.58. The maximum Gasteiger partial charge on any atom is 0.234 e. The van der Waals surface area contributed by atoms with Crippen LogP contribution in [0.2, 0.25) is 0 Å². The molecule has 1 saturated heterocycles. The van der Waals surface area contributed by atoms with Crippen molar-refractivity contribution in [1.82, 2.24) is 10.6 Å². The Labute approximate surface area is 111 Å². The van der Waals surface area contributed by atoms with Gasteiger partial charge in [0.2, 0.25) is 5.91 Å². The second-order valence-electron chi connectivity index (χ2n) is 5.25. The maximum absolute atomic E-state index is 11.6. The van der Waals surface area contributed by atoms with Crippen LogP contribution in [0.1, 0.15) is 46.5 Å². The highest BCUT2D eigenvalue weighted by Gasteiger charge is 2.26. The van der Waals surface area contributed by atoms with E-state index in [1.54, 1.807) is 0 Å². The molecule has 0 aromatic rings. The highest BCUT2D eigenvalue weighted by Crippen LogP contribution is 2.22. The third kappa shape index (κ3) is 5.36.